The number of hydrogen-bond acceptors (Lipinski definition) is 4. The van der Waals surface area contributed by atoms with Crippen molar-refractivity contribution in [2.75, 3.05) is 13.7 Å². The molecule has 1 amide bonds. The highest BCUT2D eigenvalue weighted by atomic mass is 19.1. The molecule has 0 spiro atoms. The van der Waals surface area contributed by atoms with Crippen molar-refractivity contribution in [3.8, 4) is 5.75 Å². The van der Waals surface area contributed by atoms with Crippen molar-refractivity contribution in [2.45, 2.75) is 19.2 Å². The zero-order valence-electron chi connectivity index (χ0n) is 13.5. The van der Waals surface area contributed by atoms with Crippen molar-refractivity contribution in [1.82, 2.24) is 10.6 Å². The molecule has 0 bridgehead atoms. The lowest BCUT2D eigenvalue weighted by molar-refractivity contribution is -0.123. The number of halogens is 1. The number of carbonyl (C=O) groups excluding carboxylic acids is 1. The predicted molar refractivity (Wildman–Crippen MR) is 89.0 cm³/mol. The van der Waals surface area contributed by atoms with E-state index >= 15 is 0 Å². The van der Waals surface area contributed by atoms with E-state index in [4.69, 9.17) is 4.74 Å². The number of nitrogens with one attached hydrogen (secondary N) is 2. The van der Waals surface area contributed by atoms with Gasteiger partial charge in [-0.05, 0) is 23.8 Å². The maximum absolute atomic E-state index is 13.5. The summed E-state index contributed by atoms with van der Waals surface area (Å²) in [5.41, 5.74) is 1.44. The van der Waals surface area contributed by atoms with Crippen LogP contribution in [0.1, 0.15) is 11.1 Å². The van der Waals surface area contributed by atoms with Crippen LogP contribution in [0.3, 0.4) is 0 Å². The summed E-state index contributed by atoms with van der Waals surface area (Å²) >= 11 is 0. The maximum Gasteiger partial charge on any atom is 0.239 e. The second-order valence-corrected chi connectivity index (χ2v) is 5.25. The maximum atomic E-state index is 13.5. The van der Waals surface area contributed by atoms with Gasteiger partial charge in [0, 0.05) is 19.2 Å². The summed E-state index contributed by atoms with van der Waals surface area (Å²) < 4.78 is 19.1. The molecule has 0 saturated carbocycles. The fraction of sp³-hybridized carbons (Fsp3) is 0.278. The summed E-state index contributed by atoms with van der Waals surface area (Å²) in [5.74, 6) is 0.0805. The van der Waals surface area contributed by atoms with Gasteiger partial charge in [0.25, 0.3) is 0 Å². The number of hydrogen-bond donors (Lipinski definition) is 3. The highest BCUT2D eigenvalue weighted by Crippen LogP contribution is 2.15. The van der Waals surface area contributed by atoms with E-state index in [2.05, 4.69) is 10.6 Å². The molecular formula is C18H21FN2O3. The molecule has 0 aliphatic rings. The molecule has 24 heavy (non-hydrogen) atoms. The smallest absolute Gasteiger partial charge is 0.239 e. The summed E-state index contributed by atoms with van der Waals surface area (Å²) in [4.78, 5) is 11.5. The predicted octanol–water partition coefficient (Wildman–Crippen LogP) is 1.60. The Labute approximate surface area is 140 Å². The second-order valence-electron chi connectivity index (χ2n) is 5.25. The number of amides is 1. The SMILES string of the molecule is CNC(=O)C(CO)NCc1ccc(OCc2ccccc2F)cc1. The molecule has 0 saturated heterocycles. The second kappa shape index (κ2) is 9.00. The van der Waals surface area contributed by atoms with Crippen molar-refractivity contribution >= 4 is 5.91 Å². The van der Waals surface area contributed by atoms with E-state index in [1.54, 1.807) is 30.3 Å². The van der Waals surface area contributed by atoms with Gasteiger partial charge in [0.2, 0.25) is 5.91 Å². The Morgan fingerprint density at radius 2 is 1.92 bits per heavy atom. The molecule has 2 rings (SSSR count). The number of ether oxygens (including phenoxy) is 1. The number of benzene rings is 2. The molecule has 0 fully saturated rings. The van der Waals surface area contributed by atoms with Crippen LogP contribution in [0.25, 0.3) is 0 Å². The lowest BCUT2D eigenvalue weighted by Gasteiger charge is -2.14. The molecule has 0 aromatic heterocycles. The van der Waals surface area contributed by atoms with Crippen LogP contribution in [0.15, 0.2) is 48.5 Å². The van der Waals surface area contributed by atoms with Crippen LogP contribution in [-0.4, -0.2) is 30.7 Å². The minimum absolute atomic E-state index is 0.160. The van der Waals surface area contributed by atoms with Gasteiger partial charge in [0.15, 0.2) is 0 Å². The van der Waals surface area contributed by atoms with E-state index in [1.807, 2.05) is 12.1 Å². The number of likely N-dealkylation sites (N-methyl/N-ethyl adjacent to an activating group) is 1. The van der Waals surface area contributed by atoms with Crippen LogP contribution in [0, 0.1) is 5.82 Å². The van der Waals surface area contributed by atoms with E-state index in [1.165, 1.54) is 13.1 Å². The van der Waals surface area contributed by atoms with E-state index in [0.29, 0.717) is 17.9 Å². The molecule has 3 N–H and O–H groups in total. The average molecular weight is 332 g/mol. The van der Waals surface area contributed by atoms with Crippen LogP contribution in [0.5, 0.6) is 5.75 Å². The number of rotatable bonds is 8. The Morgan fingerprint density at radius 3 is 2.54 bits per heavy atom. The van der Waals surface area contributed by atoms with E-state index in [0.717, 1.165) is 5.56 Å². The Bertz CT molecular complexity index is 662. The average Bonchev–Trinajstić information content (AvgIpc) is 2.62. The van der Waals surface area contributed by atoms with E-state index in [-0.39, 0.29) is 24.9 Å². The van der Waals surface area contributed by atoms with Gasteiger partial charge in [0.05, 0.1) is 6.61 Å². The summed E-state index contributed by atoms with van der Waals surface area (Å²) in [7, 11) is 1.52. The van der Waals surface area contributed by atoms with Crippen molar-refractivity contribution in [3.63, 3.8) is 0 Å². The molecule has 0 aliphatic heterocycles. The van der Waals surface area contributed by atoms with Crippen LogP contribution >= 0.6 is 0 Å². The molecule has 5 nitrogen and oxygen atoms in total. The molecule has 128 valence electrons. The number of aliphatic hydroxyl groups excluding tert-OH is 1. The summed E-state index contributed by atoms with van der Waals surface area (Å²) in [6.07, 6.45) is 0. The molecule has 2 aromatic rings. The van der Waals surface area contributed by atoms with Gasteiger partial charge in [-0.3, -0.25) is 10.1 Å². The standard InChI is InChI=1S/C18H21FN2O3/c1-20-18(23)17(11-22)21-10-13-6-8-15(9-7-13)24-12-14-4-2-3-5-16(14)19/h2-9,17,21-22H,10-12H2,1H3,(H,20,23). The minimum atomic E-state index is -0.646. The number of carbonyl (C=O) groups is 1. The molecular weight excluding hydrogens is 311 g/mol. The first kappa shape index (κ1) is 17.9. The summed E-state index contributed by atoms with van der Waals surface area (Å²) in [6, 6.07) is 13.1. The van der Waals surface area contributed by atoms with Crippen LogP contribution in [0.4, 0.5) is 4.39 Å². The molecule has 1 unspecified atom stereocenters. The molecule has 6 heteroatoms. The fourth-order valence-electron chi connectivity index (χ4n) is 2.14. The Kier molecular flexibility index (Phi) is 6.72. The van der Waals surface area contributed by atoms with Crippen molar-refractivity contribution in [2.24, 2.45) is 0 Å². The topological polar surface area (TPSA) is 70.6 Å². The zero-order valence-corrected chi connectivity index (χ0v) is 13.5. The first-order chi connectivity index (χ1) is 11.6. The molecule has 1 atom stereocenters. The highest BCUT2D eigenvalue weighted by Gasteiger charge is 2.14. The lowest BCUT2D eigenvalue weighted by Crippen LogP contribution is -2.44. The highest BCUT2D eigenvalue weighted by molar-refractivity contribution is 5.81. The fourth-order valence-corrected chi connectivity index (χ4v) is 2.14. The third-order valence-electron chi connectivity index (χ3n) is 3.57. The summed E-state index contributed by atoms with van der Waals surface area (Å²) in [5, 5.41) is 14.6. The first-order valence-electron chi connectivity index (χ1n) is 7.65. The largest absolute Gasteiger partial charge is 0.489 e. The normalized spacial score (nSPS) is 11.8. The quantitative estimate of drug-likeness (QED) is 0.687. The minimum Gasteiger partial charge on any atom is -0.489 e. The van der Waals surface area contributed by atoms with Gasteiger partial charge in [-0.1, -0.05) is 30.3 Å². The van der Waals surface area contributed by atoms with E-state index < -0.39 is 6.04 Å². The molecule has 0 aliphatic carbocycles. The Morgan fingerprint density at radius 1 is 1.21 bits per heavy atom. The Balaban J connectivity index is 1.86. The number of aliphatic hydroxyl groups is 1. The molecule has 2 aromatic carbocycles. The van der Waals surface area contributed by atoms with Gasteiger partial charge in [-0.2, -0.15) is 0 Å². The van der Waals surface area contributed by atoms with Gasteiger partial charge in [0.1, 0.15) is 24.2 Å². The van der Waals surface area contributed by atoms with Gasteiger partial charge in [-0.15, -0.1) is 0 Å². The van der Waals surface area contributed by atoms with E-state index in [9.17, 15) is 14.3 Å². The van der Waals surface area contributed by atoms with Crippen LogP contribution in [0.2, 0.25) is 0 Å². The monoisotopic (exact) mass is 332 g/mol. The van der Waals surface area contributed by atoms with Crippen LogP contribution in [-0.2, 0) is 17.9 Å². The third-order valence-corrected chi connectivity index (χ3v) is 3.57. The van der Waals surface area contributed by atoms with Crippen LogP contribution < -0.4 is 15.4 Å². The molecule has 0 radical (unpaired) electrons. The molecule has 0 heterocycles. The third kappa shape index (κ3) is 5.04. The van der Waals surface area contributed by atoms with Gasteiger partial charge < -0.3 is 15.2 Å². The van der Waals surface area contributed by atoms with Crippen molar-refractivity contribution < 1.29 is 19.0 Å². The lowest BCUT2D eigenvalue weighted by atomic mass is 10.2. The van der Waals surface area contributed by atoms with Crippen molar-refractivity contribution in [1.29, 1.82) is 0 Å². The van der Waals surface area contributed by atoms with Gasteiger partial charge in [-0.25, -0.2) is 4.39 Å². The van der Waals surface area contributed by atoms with Crippen molar-refractivity contribution in [3.05, 3.63) is 65.5 Å². The van der Waals surface area contributed by atoms with Gasteiger partial charge >= 0.3 is 0 Å². The zero-order chi connectivity index (χ0) is 17.4. The Hall–Kier alpha value is -2.44. The summed E-state index contributed by atoms with van der Waals surface area (Å²) in [6.45, 7) is 0.323. The first-order valence-corrected chi connectivity index (χ1v) is 7.65.